The highest BCUT2D eigenvalue weighted by Crippen LogP contribution is 2.33. The molecule has 2 aromatic heterocycles. The van der Waals surface area contributed by atoms with Gasteiger partial charge in [-0.2, -0.15) is 5.10 Å². The first-order valence-corrected chi connectivity index (χ1v) is 10.6. The van der Waals surface area contributed by atoms with E-state index in [0.717, 1.165) is 40.5 Å². The van der Waals surface area contributed by atoms with Gasteiger partial charge >= 0.3 is 0 Å². The number of nitrogens with zero attached hydrogens (tertiary/aromatic N) is 4. The summed E-state index contributed by atoms with van der Waals surface area (Å²) in [6.07, 6.45) is 2.06. The van der Waals surface area contributed by atoms with Crippen LogP contribution in [0.4, 0.5) is 5.13 Å². The summed E-state index contributed by atoms with van der Waals surface area (Å²) in [4.78, 5) is 20.1. The van der Waals surface area contributed by atoms with Gasteiger partial charge in [0.25, 0.3) is 5.91 Å². The standard InChI is InChI=1S/C21H26N4O2S/c1-5-25-18(11-15(4)23-25)20(26)24(12-16-7-6-8-27-16)21-22-17-10-13(2)9-14(3)19(17)28-21/h9-11,16H,5-8,12H2,1-4H3/t16-/m0/s1. The molecule has 148 valence electrons. The molecule has 1 aliphatic rings. The molecule has 1 fully saturated rings. The molecule has 3 heterocycles. The molecular formula is C21H26N4O2S. The van der Waals surface area contributed by atoms with E-state index >= 15 is 0 Å². The number of aryl methyl sites for hydroxylation is 4. The molecule has 1 aromatic carbocycles. The fraction of sp³-hybridized carbons (Fsp3) is 0.476. The lowest BCUT2D eigenvalue weighted by Gasteiger charge is -2.23. The lowest BCUT2D eigenvalue weighted by Crippen LogP contribution is -2.38. The van der Waals surface area contributed by atoms with Crippen LogP contribution in [0.15, 0.2) is 18.2 Å². The predicted molar refractivity (Wildman–Crippen MR) is 112 cm³/mol. The van der Waals surface area contributed by atoms with E-state index in [1.807, 2.05) is 19.9 Å². The molecule has 0 unspecified atom stereocenters. The Kier molecular flexibility index (Phi) is 5.21. The molecule has 3 aromatic rings. The van der Waals surface area contributed by atoms with Crippen LogP contribution >= 0.6 is 11.3 Å². The van der Waals surface area contributed by atoms with Crippen molar-refractivity contribution in [2.24, 2.45) is 0 Å². The zero-order chi connectivity index (χ0) is 19.8. The summed E-state index contributed by atoms with van der Waals surface area (Å²) >= 11 is 1.58. The quantitative estimate of drug-likeness (QED) is 0.644. The van der Waals surface area contributed by atoms with Gasteiger partial charge in [-0.3, -0.25) is 14.4 Å². The first kappa shape index (κ1) is 19.1. The van der Waals surface area contributed by atoms with E-state index in [9.17, 15) is 4.79 Å². The molecule has 7 heteroatoms. The lowest BCUT2D eigenvalue weighted by atomic mass is 10.1. The van der Waals surface area contributed by atoms with Gasteiger partial charge in [-0.25, -0.2) is 4.98 Å². The number of carbonyl (C=O) groups excluding carboxylic acids is 1. The Hall–Kier alpha value is -2.25. The molecule has 0 spiro atoms. The minimum atomic E-state index is -0.0635. The molecule has 0 bridgehead atoms. The summed E-state index contributed by atoms with van der Waals surface area (Å²) in [5, 5.41) is 5.17. The molecule has 0 radical (unpaired) electrons. The Morgan fingerprint density at radius 1 is 1.32 bits per heavy atom. The van der Waals surface area contributed by atoms with Crippen LogP contribution in [-0.2, 0) is 11.3 Å². The number of hydrogen-bond acceptors (Lipinski definition) is 5. The van der Waals surface area contributed by atoms with Gasteiger partial charge in [0.2, 0.25) is 0 Å². The van der Waals surface area contributed by atoms with Crippen molar-refractivity contribution in [3.8, 4) is 0 Å². The summed E-state index contributed by atoms with van der Waals surface area (Å²) < 4.78 is 8.73. The summed E-state index contributed by atoms with van der Waals surface area (Å²) in [6, 6.07) is 6.10. The first-order chi connectivity index (χ1) is 13.5. The summed E-state index contributed by atoms with van der Waals surface area (Å²) in [6.45, 7) is 10.0. The van der Waals surface area contributed by atoms with Gasteiger partial charge in [0.15, 0.2) is 5.13 Å². The monoisotopic (exact) mass is 398 g/mol. The second-order valence-corrected chi connectivity index (χ2v) is 8.44. The second-order valence-electron chi connectivity index (χ2n) is 7.46. The summed E-state index contributed by atoms with van der Waals surface area (Å²) in [7, 11) is 0. The number of rotatable bonds is 5. The Morgan fingerprint density at radius 3 is 2.86 bits per heavy atom. The van der Waals surface area contributed by atoms with Crippen LogP contribution in [0.2, 0.25) is 0 Å². The average Bonchev–Trinajstić information content (AvgIpc) is 3.38. The summed E-state index contributed by atoms with van der Waals surface area (Å²) in [5.41, 5.74) is 4.77. The van der Waals surface area contributed by atoms with Crippen LogP contribution in [0.3, 0.4) is 0 Å². The van der Waals surface area contributed by atoms with Crippen LogP contribution in [-0.4, -0.2) is 39.9 Å². The lowest BCUT2D eigenvalue weighted by molar-refractivity contribution is 0.0908. The van der Waals surface area contributed by atoms with Gasteiger partial charge in [-0.15, -0.1) is 0 Å². The van der Waals surface area contributed by atoms with E-state index in [1.54, 1.807) is 20.9 Å². The zero-order valence-electron chi connectivity index (χ0n) is 16.9. The zero-order valence-corrected chi connectivity index (χ0v) is 17.7. The van der Waals surface area contributed by atoms with Crippen molar-refractivity contribution in [2.75, 3.05) is 18.1 Å². The van der Waals surface area contributed by atoms with Gasteiger partial charge in [-0.05, 0) is 63.8 Å². The van der Waals surface area contributed by atoms with Gasteiger partial charge < -0.3 is 4.74 Å². The number of carbonyl (C=O) groups is 1. The predicted octanol–water partition coefficient (Wildman–Crippen LogP) is 4.26. The molecule has 0 aliphatic carbocycles. The maximum atomic E-state index is 13.5. The minimum absolute atomic E-state index is 0.0536. The van der Waals surface area contributed by atoms with E-state index in [1.165, 1.54) is 11.1 Å². The van der Waals surface area contributed by atoms with Crippen LogP contribution in [0, 0.1) is 20.8 Å². The van der Waals surface area contributed by atoms with Crippen LogP contribution < -0.4 is 4.90 Å². The molecule has 4 rings (SSSR count). The van der Waals surface area contributed by atoms with Crippen molar-refractivity contribution in [3.05, 3.63) is 40.7 Å². The Labute approximate surface area is 169 Å². The van der Waals surface area contributed by atoms with E-state index in [0.29, 0.717) is 18.8 Å². The maximum absolute atomic E-state index is 13.5. The Morgan fingerprint density at radius 2 is 2.14 bits per heavy atom. The number of ether oxygens (including phenoxy) is 1. The topological polar surface area (TPSA) is 60.2 Å². The third kappa shape index (κ3) is 3.56. The molecule has 1 saturated heterocycles. The fourth-order valence-corrected chi connectivity index (χ4v) is 4.84. The molecule has 0 saturated carbocycles. The number of hydrogen-bond donors (Lipinski definition) is 0. The highest BCUT2D eigenvalue weighted by molar-refractivity contribution is 7.22. The van der Waals surface area contributed by atoms with Gasteiger partial charge in [0.1, 0.15) is 5.69 Å². The average molecular weight is 399 g/mol. The minimum Gasteiger partial charge on any atom is -0.376 e. The molecule has 6 nitrogen and oxygen atoms in total. The van der Waals surface area contributed by atoms with Crippen LogP contribution in [0.1, 0.15) is 47.1 Å². The smallest absolute Gasteiger partial charge is 0.278 e. The van der Waals surface area contributed by atoms with Gasteiger partial charge in [-0.1, -0.05) is 17.4 Å². The van der Waals surface area contributed by atoms with Crippen molar-refractivity contribution in [2.45, 2.75) is 53.2 Å². The van der Waals surface area contributed by atoms with Crippen molar-refractivity contribution < 1.29 is 9.53 Å². The molecule has 28 heavy (non-hydrogen) atoms. The van der Waals surface area contributed by atoms with Crippen molar-refractivity contribution >= 4 is 32.6 Å². The molecular weight excluding hydrogens is 372 g/mol. The molecule has 1 aliphatic heterocycles. The van der Waals surface area contributed by atoms with E-state index < -0.39 is 0 Å². The molecule has 1 atom stereocenters. The second kappa shape index (κ2) is 7.64. The number of benzene rings is 1. The third-order valence-corrected chi connectivity index (χ3v) is 6.35. The van der Waals surface area contributed by atoms with E-state index in [-0.39, 0.29) is 12.0 Å². The highest BCUT2D eigenvalue weighted by atomic mass is 32.1. The highest BCUT2D eigenvalue weighted by Gasteiger charge is 2.29. The van der Waals surface area contributed by atoms with E-state index in [4.69, 9.17) is 9.72 Å². The SMILES string of the molecule is CCn1nc(C)cc1C(=O)N(C[C@@H]1CCCO1)c1nc2cc(C)cc(C)c2s1. The number of aromatic nitrogens is 3. The van der Waals surface area contributed by atoms with Crippen molar-refractivity contribution in [3.63, 3.8) is 0 Å². The first-order valence-electron chi connectivity index (χ1n) is 9.82. The van der Waals surface area contributed by atoms with Crippen molar-refractivity contribution in [1.29, 1.82) is 0 Å². The molecule has 1 amide bonds. The third-order valence-electron chi connectivity index (χ3n) is 5.12. The number of amides is 1. The molecule has 0 N–H and O–H groups in total. The van der Waals surface area contributed by atoms with Gasteiger partial charge in [0, 0.05) is 13.2 Å². The van der Waals surface area contributed by atoms with Crippen LogP contribution in [0.5, 0.6) is 0 Å². The number of fused-ring (bicyclic) bond motifs is 1. The Bertz CT molecular complexity index is 1020. The Balaban J connectivity index is 1.76. The van der Waals surface area contributed by atoms with Gasteiger partial charge in [0.05, 0.1) is 28.6 Å². The number of anilines is 1. The number of thiazole rings is 1. The van der Waals surface area contributed by atoms with Crippen LogP contribution in [0.25, 0.3) is 10.2 Å². The normalized spacial score (nSPS) is 16.8. The van der Waals surface area contributed by atoms with E-state index in [2.05, 4.69) is 31.1 Å². The summed E-state index contributed by atoms with van der Waals surface area (Å²) in [5.74, 6) is -0.0635. The van der Waals surface area contributed by atoms with Crippen molar-refractivity contribution in [1.82, 2.24) is 14.8 Å². The fourth-order valence-electron chi connectivity index (χ4n) is 3.82. The largest absolute Gasteiger partial charge is 0.376 e. The maximum Gasteiger partial charge on any atom is 0.278 e.